The lowest BCUT2D eigenvalue weighted by Gasteiger charge is -2.15. The third kappa shape index (κ3) is 9.62. The van der Waals surface area contributed by atoms with E-state index in [9.17, 15) is 0 Å². The number of unbranched alkanes of at least 4 members (excludes halogenated alkanes) is 8. The van der Waals surface area contributed by atoms with Crippen molar-refractivity contribution in [2.45, 2.75) is 111 Å². The average Bonchev–Trinajstić information content (AvgIpc) is 3.02. The van der Waals surface area contributed by atoms with Gasteiger partial charge in [0, 0.05) is 0 Å². The maximum absolute atomic E-state index is 6.17. The summed E-state index contributed by atoms with van der Waals surface area (Å²) in [4.78, 5) is 0. The molecular formula is C41H52O. The Balaban J connectivity index is 1.32. The van der Waals surface area contributed by atoms with Gasteiger partial charge in [-0.2, -0.15) is 0 Å². The van der Waals surface area contributed by atoms with E-state index in [4.69, 9.17) is 4.74 Å². The Morgan fingerprint density at radius 1 is 0.524 bits per heavy atom. The van der Waals surface area contributed by atoms with Crippen molar-refractivity contribution in [1.82, 2.24) is 0 Å². The number of ether oxygens (including phenoxy) is 1. The highest BCUT2D eigenvalue weighted by molar-refractivity contribution is 5.75. The first kappa shape index (κ1) is 31.6. The highest BCUT2D eigenvalue weighted by Gasteiger charge is 2.08. The zero-order valence-electron chi connectivity index (χ0n) is 26.6. The highest BCUT2D eigenvalue weighted by Crippen LogP contribution is 2.31. The molecule has 0 aromatic heterocycles. The number of rotatable bonds is 17. The van der Waals surface area contributed by atoms with E-state index in [1.807, 2.05) is 0 Å². The van der Waals surface area contributed by atoms with E-state index in [1.165, 1.54) is 115 Å². The van der Waals surface area contributed by atoms with E-state index in [0.717, 1.165) is 12.2 Å². The van der Waals surface area contributed by atoms with Crippen molar-refractivity contribution in [3.63, 3.8) is 0 Å². The second kappa shape index (κ2) is 17.0. The van der Waals surface area contributed by atoms with Crippen LogP contribution in [-0.4, -0.2) is 6.10 Å². The summed E-state index contributed by atoms with van der Waals surface area (Å²) in [5, 5.41) is 0. The molecule has 0 N–H and O–H groups in total. The molecule has 0 saturated heterocycles. The van der Waals surface area contributed by atoms with E-state index >= 15 is 0 Å². The van der Waals surface area contributed by atoms with Crippen LogP contribution in [-0.2, 0) is 6.42 Å². The van der Waals surface area contributed by atoms with Crippen LogP contribution in [0, 0.1) is 6.92 Å². The minimum Gasteiger partial charge on any atom is -0.491 e. The van der Waals surface area contributed by atoms with Gasteiger partial charge in [-0.15, -0.1) is 0 Å². The molecule has 0 heterocycles. The fraction of sp³-hybridized carbons (Fsp3) is 0.415. The lowest BCUT2D eigenvalue weighted by Crippen LogP contribution is -2.11. The first-order valence-corrected chi connectivity index (χ1v) is 16.6. The molecule has 0 bridgehead atoms. The third-order valence-corrected chi connectivity index (χ3v) is 8.52. The summed E-state index contributed by atoms with van der Waals surface area (Å²) in [6.07, 6.45) is 15.8. The molecule has 0 aliphatic rings. The van der Waals surface area contributed by atoms with Crippen molar-refractivity contribution < 1.29 is 4.74 Å². The molecular weight excluding hydrogens is 508 g/mol. The molecule has 1 unspecified atom stereocenters. The molecule has 1 atom stereocenters. The van der Waals surface area contributed by atoms with Crippen molar-refractivity contribution in [3.05, 3.63) is 102 Å². The van der Waals surface area contributed by atoms with Crippen molar-refractivity contribution in [3.8, 4) is 39.1 Å². The maximum atomic E-state index is 6.17. The molecule has 0 fully saturated rings. The molecule has 0 amide bonds. The Kier molecular flexibility index (Phi) is 12.8. The molecule has 0 radical (unpaired) electrons. The van der Waals surface area contributed by atoms with E-state index in [1.54, 1.807) is 0 Å². The monoisotopic (exact) mass is 560 g/mol. The SMILES string of the molecule is CCCCCCCCc1ccc(-c2ccc(-c3ccc(-c4ccc(OC(C)CCCCCC)cc4)c(C)c3)cc2)cc1. The minimum atomic E-state index is 0.259. The van der Waals surface area contributed by atoms with Crippen LogP contribution in [0.25, 0.3) is 33.4 Å². The first-order chi connectivity index (χ1) is 20.6. The summed E-state index contributed by atoms with van der Waals surface area (Å²) in [5.74, 6) is 0.962. The van der Waals surface area contributed by atoms with Crippen LogP contribution in [0.15, 0.2) is 91.0 Å². The fourth-order valence-corrected chi connectivity index (χ4v) is 5.86. The van der Waals surface area contributed by atoms with Gasteiger partial charge in [-0.05, 0) is 96.2 Å². The molecule has 0 aliphatic heterocycles. The molecule has 4 rings (SSSR count). The lowest BCUT2D eigenvalue weighted by molar-refractivity contribution is 0.206. The number of aryl methyl sites for hydroxylation is 2. The minimum absolute atomic E-state index is 0.259. The van der Waals surface area contributed by atoms with Crippen molar-refractivity contribution in [1.29, 1.82) is 0 Å². The molecule has 4 aromatic rings. The van der Waals surface area contributed by atoms with Crippen molar-refractivity contribution in [2.24, 2.45) is 0 Å². The van der Waals surface area contributed by atoms with Crippen LogP contribution in [0.1, 0.15) is 103 Å². The molecule has 42 heavy (non-hydrogen) atoms. The van der Waals surface area contributed by atoms with Crippen LogP contribution in [0.4, 0.5) is 0 Å². The standard InChI is InChI=1S/C41H52O/c1-5-7-9-11-12-14-16-34-17-19-35(20-18-34)36-21-23-37(24-22-36)39-27-30-41(32(3)31-39)38-25-28-40(29-26-38)42-33(4)15-13-10-8-6-2/h17-31,33H,5-16H2,1-4H3. The van der Waals surface area contributed by atoms with E-state index in [2.05, 4.69) is 119 Å². The van der Waals surface area contributed by atoms with Crippen LogP contribution >= 0.6 is 0 Å². The zero-order chi connectivity index (χ0) is 29.6. The third-order valence-electron chi connectivity index (χ3n) is 8.52. The fourth-order valence-electron chi connectivity index (χ4n) is 5.86. The number of hydrogen-bond donors (Lipinski definition) is 0. The molecule has 0 saturated carbocycles. The van der Waals surface area contributed by atoms with Crippen molar-refractivity contribution >= 4 is 0 Å². The Morgan fingerprint density at radius 2 is 1.02 bits per heavy atom. The maximum Gasteiger partial charge on any atom is 0.119 e. The summed E-state index contributed by atoms with van der Waals surface area (Å²) in [6.45, 7) is 8.93. The summed E-state index contributed by atoms with van der Waals surface area (Å²) in [6, 6.07) is 33.6. The quantitative estimate of drug-likeness (QED) is 0.117. The van der Waals surface area contributed by atoms with Gasteiger partial charge in [-0.1, -0.05) is 144 Å². The van der Waals surface area contributed by atoms with Gasteiger partial charge in [0.1, 0.15) is 5.75 Å². The van der Waals surface area contributed by atoms with Crippen LogP contribution < -0.4 is 4.74 Å². The molecule has 4 aromatic carbocycles. The van der Waals surface area contributed by atoms with Gasteiger partial charge in [-0.25, -0.2) is 0 Å². The predicted molar refractivity (Wildman–Crippen MR) is 183 cm³/mol. The Morgan fingerprint density at radius 3 is 1.64 bits per heavy atom. The van der Waals surface area contributed by atoms with Crippen LogP contribution in [0.2, 0.25) is 0 Å². The summed E-state index contributed by atoms with van der Waals surface area (Å²) < 4.78 is 6.17. The summed E-state index contributed by atoms with van der Waals surface area (Å²) in [5.41, 5.74) is 10.3. The molecule has 222 valence electrons. The number of hydrogen-bond acceptors (Lipinski definition) is 1. The second-order valence-electron chi connectivity index (χ2n) is 12.1. The zero-order valence-corrected chi connectivity index (χ0v) is 26.6. The molecule has 0 aliphatic carbocycles. The largest absolute Gasteiger partial charge is 0.491 e. The Hall–Kier alpha value is -3.32. The molecule has 0 spiro atoms. The Bertz CT molecular complexity index is 1320. The lowest BCUT2D eigenvalue weighted by atomic mass is 9.94. The molecule has 1 heteroatoms. The average molecular weight is 561 g/mol. The van der Waals surface area contributed by atoms with Gasteiger partial charge in [-0.3, -0.25) is 0 Å². The normalized spacial score (nSPS) is 11.9. The summed E-state index contributed by atoms with van der Waals surface area (Å²) >= 11 is 0. The second-order valence-corrected chi connectivity index (χ2v) is 12.1. The van der Waals surface area contributed by atoms with E-state index in [-0.39, 0.29) is 6.10 Å². The first-order valence-electron chi connectivity index (χ1n) is 16.6. The Labute approximate surface area is 256 Å². The van der Waals surface area contributed by atoms with E-state index < -0.39 is 0 Å². The smallest absolute Gasteiger partial charge is 0.119 e. The van der Waals surface area contributed by atoms with Crippen LogP contribution in [0.3, 0.4) is 0 Å². The van der Waals surface area contributed by atoms with Crippen LogP contribution in [0.5, 0.6) is 5.75 Å². The number of benzene rings is 4. The van der Waals surface area contributed by atoms with Gasteiger partial charge >= 0.3 is 0 Å². The van der Waals surface area contributed by atoms with Gasteiger partial charge in [0.25, 0.3) is 0 Å². The van der Waals surface area contributed by atoms with E-state index in [0.29, 0.717) is 0 Å². The van der Waals surface area contributed by atoms with Crippen molar-refractivity contribution in [2.75, 3.05) is 0 Å². The van der Waals surface area contributed by atoms with Gasteiger partial charge in [0.2, 0.25) is 0 Å². The van der Waals surface area contributed by atoms with Gasteiger partial charge < -0.3 is 4.74 Å². The summed E-state index contributed by atoms with van der Waals surface area (Å²) in [7, 11) is 0. The predicted octanol–water partition coefficient (Wildman–Crippen LogP) is 12.6. The molecule has 1 nitrogen and oxygen atoms in total. The van der Waals surface area contributed by atoms with Gasteiger partial charge in [0.05, 0.1) is 6.10 Å². The highest BCUT2D eigenvalue weighted by atomic mass is 16.5. The van der Waals surface area contributed by atoms with Gasteiger partial charge in [0.15, 0.2) is 0 Å². The topological polar surface area (TPSA) is 9.23 Å².